The second-order valence-electron chi connectivity index (χ2n) is 3.32. The summed E-state index contributed by atoms with van der Waals surface area (Å²) in [4.78, 5) is 0. The van der Waals surface area contributed by atoms with Gasteiger partial charge in [0.05, 0.1) is 17.8 Å². The van der Waals surface area contributed by atoms with Gasteiger partial charge >= 0.3 is 0 Å². The molecule has 2 rings (SSSR count). The van der Waals surface area contributed by atoms with E-state index in [1.54, 1.807) is 0 Å². The minimum Gasteiger partial charge on any atom is -0.213 e. The summed E-state index contributed by atoms with van der Waals surface area (Å²) in [5, 5.41) is 7.27. The van der Waals surface area contributed by atoms with Crippen LogP contribution < -0.4 is 0 Å². The first-order valence-electron chi connectivity index (χ1n) is 4.55. The molecule has 0 bridgehead atoms. The summed E-state index contributed by atoms with van der Waals surface area (Å²) in [6, 6.07) is 2.19. The molecule has 1 heterocycles. The molecule has 0 saturated carbocycles. The van der Waals surface area contributed by atoms with Crippen molar-refractivity contribution in [3.8, 4) is 5.69 Å². The van der Waals surface area contributed by atoms with E-state index in [-0.39, 0.29) is 17.1 Å². The number of benzene rings is 1. The van der Waals surface area contributed by atoms with Crippen LogP contribution in [0.25, 0.3) is 5.69 Å². The molecule has 0 spiro atoms. The van der Waals surface area contributed by atoms with Gasteiger partial charge in [0.2, 0.25) is 0 Å². The Balaban J connectivity index is 2.60. The highest BCUT2D eigenvalue weighted by Crippen LogP contribution is 2.19. The Morgan fingerprint density at radius 1 is 1.31 bits per heavy atom. The zero-order valence-corrected chi connectivity index (χ0v) is 9.17. The standard InChI is InChI=1S/C10H8ClF2N3/c1-6-2-9(13)10(3-8(6)12)16-7(4-11)5-14-15-16/h2-3,5H,4H2,1H3. The van der Waals surface area contributed by atoms with Crippen LogP contribution in [-0.4, -0.2) is 15.0 Å². The third kappa shape index (κ3) is 1.78. The van der Waals surface area contributed by atoms with Gasteiger partial charge in [0, 0.05) is 6.07 Å². The molecule has 1 aromatic carbocycles. The summed E-state index contributed by atoms with van der Waals surface area (Å²) in [6.45, 7) is 1.49. The number of aryl methyl sites for hydroxylation is 1. The first kappa shape index (κ1) is 11.0. The van der Waals surface area contributed by atoms with Gasteiger partial charge in [0.15, 0.2) is 0 Å². The smallest absolute Gasteiger partial charge is 0.149 e. The Morgan fingerprint density at radius 2 is 2.06 bits per heavy atom. The van der Waals surface area contributed by atoms with Crippen molar-refractivity contribution in [2.45, 2.75) is 12.8 Å². The summed E-state index contributed by atoms with van der Waals surface area (Å²) in [7, 11) is 0. The van der Waals surface area contributed by atoms with Gasteiger partial charge in [-0.3, -0.25) is 0 Å². The van der Waals surface area contributed by atoms with Gasteiger partial charge in [-0.05, 0) is 18.6 Å². The minimum atomic E-state index is -0.559. The summed E-state index contributed by atoms with van der Waals surface area (Å²) >= 11 is 5.63. The van der Waals surface area contributed by atoms with Crippen LogP contribution >= 0.6 is 11.6 Å². The predicted octanol–water partition coefficient (Wildman–Crippen LogP) is 2.59. The molecule has 0 amide bonds. The van der Waals surface area contributed by atoms with E-state index in [9.17, 15) is 8.78 Å². The maximum Gasteiger partial charge on any atom is 0.149 e. The molecule has 0 saturated heterocycles. The first-order valence-corrected chi connectivity index (χ1v) is 5.08. The SMILES string of the molecule is Cc1cc(F)c(-n2nncc2CCl)cc1F. The molecule has 0 aliphatic rings. The van der Waals surface area contributed by atoms with Crippen LogP contribution in [0.15, 0.2) is 18.3 Å². The highest BCUT2D eigenvalue weighted by molar-refractivity contribution is 6.16. The van der Waals surface area contributed by atoms with E-state index in [0.29, 0.717) is 5.69 Å². The lowest BCUT2D eigenvalue weighted by molar-refractivity contribution is 0.576. The molecule has 3 nitrogen and oxygen atoms in total. The number of hydrogen-bond donors (Lipinski definition) is 0. The van der Waals surface area contributed by atoms with E-state index in [1.807, 2.05) is 0 Å². The molecule has 2 aromatic rings. The summed E-state index contributed by atoms with van der Waals surface area (Å²) in [6.07, 6.45) is 1.41. The molecule has 1 aromatic heterocycles. The quantitative estimate of drug-likeness (QED) is 0.759. The molecule has 16 heavy (non-hydrogen) atoms. The van der Waals surface area contributed by atoms with Crippen molar-refractivity contribution in [1.82, 2.24) is 15.0 Å². The van der Waals surface area contributed by atoms with Crippen LogP contribution in [0, 0.1) is 18.6 Å². The Bertz CT molecular complexity index is 525. The third-order valence-corrected chi connectivity index (χ3v) is 2.49. The monoisotopic (exact) mass is 243 g/mol. The molecule has 0 atom stereocenters. The Labute approximate surface area is 95.6 Å². The third-order valence-electron chi connectivity index (χ3n) is 2.21. The van der Waals surface area contributed by atoms with Crippen LogP contribution in [0.5, 0.6) is 0 Å². The first-order chi connectivity index (χ1) is 7.63. The average Bonchev–Trinajstić information content (AvgIpc) is 2.71. The van der Waals surface area contributed by atoms with E-state index in [4.69, 9.17) is 11.6 Å². The fourth-order valence-corrected chi connectivity index (χ4v) is 1.53. The number of alkyl halides is 1. The lowest BCUT2D eigenvalue weighted by Crippen LogP contribution is -2.05. The van der Waals surface area contributed by atoms with Crippen LogP contribution in [-0.2, 0) is 5.88 Å². The summed E-state index contributed by atoms with van der Waals surface area (Å²) < 4.78 is 28.1. The molecular weight excluding hydrogens is 236 g/mol. The van der Waals surface area contributed by atoms with Gasteiger partial charge in [0.1, 0.15) is 17.3 Å². The van der Waals surface area contributed by atoms with Gasteiger partial charge in [-0.25, -0.2) is 13.5 Å². The van der Waals surface area contributed by atoms with Gasteiger partial charge in [-0.1, -0.05) is 5.21 Å². The van der Waals surface area contributed by atoms with Crippen LogP contribution in [0.4, 0.5) is 8.78 Å². The number of rotatable bonds is 2. The molecular formula is C10H8ClF2N3. The molecule has 84 valence electrons. The molecule has 6 heteroatoms. The number of nitrogens with zero attached hydrogens (tertiary/aromatic N) is 3. The number of hydrogen-bond acceptors (Lipinski definition) is 2. The van der Waals surface area contributed by atoms with Gasteiger partial charge in [0.25, 0.3) is 0 Å². The van der Waals surface area contributed by atoms with Crippen LogP contribution in [0.2, 0.25) is 0 Å². The fraction of sp³-hybridized carbons (Fsp3) is 0.200. The normalized spacial score (nSPS) is 10.8. The Hall–Kier alpha value is -1.49. The van der Waals surface area contributed by atoms with E-state index < -0.39 is 11.6 Å². The Kier molecular flexibility index (Phi) is 2.87. The molecule has 0 aliphatic heterocycles. The average molecular weight is 244 g/mol. The zero-order valence-electron chi connectivity index (χ0n) is 8.41. The molecule has 0 unspecified atom stereocenters. The second kappa shape index (κ2) is 4.17. The summed E-state index contributed by atoms with van der Waals surface area (Å²) in [5.41, 5.74) is 0.758. The van der Waals surface area contributed by atoms with Crippen molar-refractivity contribution in [3.63, 3.8) is 0 Å². The van der Waals surface area contributed by atoms with E-state index in [2.05, 4.69) is 10.3 Å². The van der Waals surface area contributed by atoms with Crippen LogP contribution in [0.1, 0.15) is 11.3 Å². The maximum absolute atomic E-state index is 13.6. The maximum atomic E-state index is 13.6. The van der Waals surface area contributed by atoms with E-state index >= 15 is 0 Å². The predicted molar refractivity (Wildman–Crippen MR) is 55.6 cm³/mol. The van der Waals surface area contributed by atoms with Crippen molar-refractivity contribution in [3.05, 3.63) is 41.2 Å². The summed E-state index contributed by atoms with van der Waals surface area (Å²) in [5.74, 6) is -0.926. The van der Waals surface area contributed by atoms with Gasteiger partial charge in [-0.15, -0.1) is 16.7 Å². The van der Waals surface area contributed by atoms with E-state index in [1.165, 1.54) is 17.8 Å². The molecule has 0 radical (unpaired) electrons. The number of aromatic nitrogens is 3. The fourth-order valence-electron chi connectivity index (χ4n) is 1.35. The highest BCUT2D eigenvalue weighted by atomic mass is 35.5. The van der Waals surface area contributed by atoms with Crippen LogP contribution in [0.3, 0.4) is 0 Å². The molecule has 0 fully saturated rings. The van der Waals surface area contributed by atoms with Crippen molar-refractivity contribution in [2.24, 2.45) is 0 Å². The van der Waals surface area contributed by atoms with Gasteiger partial charge in [-0.2, -0.15) is 0 Å². The van der Waals surface area contributed by atoms with Crippen molar-refractivity contribution >= 4 is 11.6 Å². The van der Waals surface area contributed by atoms with Crippen molar-refractivity contribution in [2.75, 3.05) is 0 Å². The van der Waals surface area contributed by atoms with Crippen molar-refractivity contribution in [1.29, 1.82) is 0 Å². The highest BCUT2D eigenvalue weighted by Gasteiger charge is 2.12. The largest absolute Gasteiger partial charge is 0.213 e. The number of halogens is 3. The zero-order chi connectivity index (χ0) is 11.7. The molecule has 0 N–H and O–H groups in total. The Morgan fingerprint density at radius 3 is 2.75 bits per heavy atom. The lowest BCUT2D eigenvalue weighted by atomic mass is 10.2. The second-order valence-corrected chi connectivity index (χ2v) is 3.59. The van der Waals surface area contributed by atoms with Crippen molar-refractivity contribution < 1.29 is 8.78 Å². The lowest BCUT2D eigenvalue weighted by Gasteiger charge is -2.06. The van der Waals surface area contributed by atoms with E-state index in [0.717, 1.165) is 12.1 Å². The van der Waals surface area contributed by atoms with Gasteiger partial charge < -0.3 is 0 Å². The minimum absolute atomic E-state index is 0.0104. The topological polar surface area (TPSA) is 30.7 Å². The molecule has 0 aliphatic carbocycles.